The average molecular weight is 470 g/mol. The first-order chi connectivity index (χ1) is 14.6. The van der Waals surface area contributed by atoms with Gasteiger partial charge in [-0.1, -0.05) is 28.1 Å². The van der Waals surface area contributed by atoms with Crippen LogP contribution in [0.15, 0.2) is 53.0 Å². The zero-order valence-electron chi connectivity index (χ0n) is 16.6. The Bertz CT molecular complexity index is 1000. The molecule has 2 N–H and O–H groups in total. The molecule has 0 saturated carbocycles. The minimum atomic E-state index is -0.165. The van der Waals surface area contributed by atoms with Crippen molar-refractivity contribution in [3.63, 3.8) is 0 Å². The van der Waals surface area contributed by atoms with Crippen LogP contribution in [0.25, 0.3) is 11.0 Å². The number of hydrogen-bond acceptors (Lipinski definition) is 4. The summed E-state index contributed by atoms with van der Waals surface area (Å²) in [4.78, 5) is 36.9. The van der Waals surface area contributed by atoms with Gasteiger partial charge >= 0.3 is 0 Å². The molecule has 0 bridgehead atoms. The zero-order valence-corrected chi connectivity index (χ0v) is 18.2. The second-order valence-electron chi connectivity index (χ2n) is 7.31. The van der Waals surface area contributed by atoms with Crippen molar-refractivity contribution in [1.82, 2.24) is 20.2 Å². The molecule has 0 aliphatic carbocycles. The average Bonchev–Trinajstić information content (AvgIpc) is 3.03. The summed E-state index contributed by atoms with van der Waals surface area (Å²) in [5.41, 5.74) is 2.55. The summed E-state index contributed by atoms with van der Waals surface area (Å²) in [5, 5.41) is 2.83. The number of aromatic amines is 1. The Morgan fingerprint density at radius 3 is 2.63 bits per heavy atom. The summed E-state index contributed by atoms with van der Waals surface area (Å²) in [5.74, 6) is 0.757. The summed E-state index contributed by atoms with van der Waals surface area (Å²) in [7, 11) is 0. The normalized spacial score (nSPS) is 14.6. The first-order valence-corrected chi connectivity index (χ1v) is 10.9. The smallest absolute Gasteiger partial charge is 0.251 e. The molecule has 0 radical (unpaired) electrons. The van der Waals surface area contributed by atoms with Crippen molar-refractivity contribution in [2.24, 2.45) is 0 Å². The summed E-state index contributed by atoms with van der Waals surface area (Å²) in [6.45, 7) is 3.28. The molecule has 2 amide bonds. The lowest BCUT2D eigenvalue weighted by Crippen LogP contribution is -2.37. The largest absolute Gasteiger partial charge is 0.352 e. The highest BCUT2D eigenvalue weighted by atomic mass is 79.9. The molecule has 0 atom stereocenters. The van der Waals surface area contributed by atoms with Crippen LogP contribution in [0.1, 0.15) is 23.2 Å². The van der Waals surface area contributed by atoms with E-state index in [9.17, 15) is 9.59 Å². The van der Waals surface area contributed by atoms with Crippen LogP contribution in [-0.4, -0.2) is 59.4 Å². The molecule has 0 unspecified atom stereocenters. The molecule has 8 heteroatoms. The number of amides is 2. The topological polar surface area (TPSA) is 81.3 Å². The van der Waals surface area contributed by atoms with Gasteiger partial charge in [0.15, 0.2) is 0 Å². The van der Waals surface area contributed by atoms with Gasteiger partial charge in [0, 0.05) is 49.2 Å². The summed E-state index contributed by atoms with van der Waals surface area (Å²) < 4.78 is 0.923. The Labute approximate surface area is 183 Å². The lowest BCUT2D eigenvalue weighted by Gasteiger charge is -2.22. The third-order valence-corrected chi connectivity index (χ3v) is 5.78. The van der Waals surface area contributed by atoms with Crippen LogP contribution in [0.3, 0.4) is 0 Å². The van der Waals surface area contributed by atoms with Gasteiger partial charge in [-0.3, -0.25) is 9.59 Å². The Morgan fingerprint density at radius 2 is 1.83 bits per heavy atom. The number of aromatic nitrogens is 2. The molecule has 2 heterocycles. The maximum atomic E-state index is 12.6. The van der Waals surface area contributed by atoms with Crippen molar-refractivity contribution < 1.29 is 9.59 Å². The van der Waals surface area contributed by atoms with E-state index in [1.165, 1.54) is 0 Å². The highest BCUT2D eigenvalue weighted by molar-refractivity contribution is 9.10. The number of fused-ring (bicyclic) bond motifs is 1. The van der Waals surface area contributed by atoms with Gasteiger partial charge in [0.2, 0.25) is 11.9 Å². The van der Waals surface area contributed by atoms with Gasteiger partial charge in [0.05, 0.1) is 11.0 Å². The number of carbonyl (C=O) groups is 2. The third-order valence-electron chi connectivity index (χ3n) is 5.26. The molecule has 1 aliphatic rings. The number of hydrogen-bond donors (Lipinski definition) is 2. The number of para-hydroxylation sites is 2. The standard InChI is InChI=1S/C22H24BrN5O2/c23-17-8-6-16(7-9-17)21(30)24-11-10-20(29)27-12-3-13-28(15-14-27)22-25-18-4-1-2-5-19(18)26-22/h1-2,4-9H,3,10-15H2,(H,24,30)(H,25,26). The van der Waals surface area contributed by atoms with Crippen molar-refractivity contribution in [2.45, 2.75) is 12.8 Å². The Hall–Kier alpha value is -2.87. The fourth-order valence-electron chi connectivity index (χ4n) is 3.61. The molecule has 3 aromatic rings. The highest BCUT2D eigenvalue weighted by Gasteiger charge is 2.21. The first kappa shape index (κ1) is 20.4. The van der Waals surface area contributed by atoms with Crippen LogP contribution < -0.4 is 10.2 Å². The van der Waals surface area contributed by atoms with Gasteiger partial charge < -0.3 is 20.1 Å². The number of carbonyl (C=O) groups excluding carboxylic acids is 2. The van der Waals surface area contributed by atoms with Crippen LogP contribution in [-0.2, 0) is 4.79 Å². The van der Waals surface area contributed by atoms with Gasteiger partial charge in [-0.05, 0) is 42.8 Å². The number of nitrogens with one attached hydrogen (secondary N) is 2. The second-order valence-corrected chi connectivity index (χ2v) is 8.23. The fourth-order valence-corrected chi connectivity index (χ4v) is 3.88. The molecule has 7 nitrogen and oxygen atoms in total. The minimum absolute atomic E-state index is 0.0672. The van der Waals surface area contributed by atoms with E-state index in [-0.39, 0.29) is 11.8 Å². The molecule has 2 aromatic carbocycles. The fraction of sp³-hybridized carbons (Fsp3) is 0.318. The lowest BCUT2D eigenvalue weighted by molar-refractivity contribution is -0.130. The van der Waals surface area contributed by atoms with Crippen molar-refractivity contribution in [2.75, 3.05) is 37.6 Å². The van der Waals surface area contributed by atoms with Crippen molar-refractivity contribution in [1.29, 1.82) is 0 Å². The molecule has 1 fully saturated rings. The van der Waals surface area contributed by atoms with Crippen LogP contribution in [0, 0.1) is 0 Å². The van der Waals surface area contributed by atoms with Crippen LogP contribution in [0.2, 0.25) is 0 Å². The maximum absolute atomic E-state index is 12.6. The van der Waals surface area contributed by atoms with Gasteiger partial charge in [-0.25, -0.2) is 4.98 Å². The number of H-pyrrole nitrogens is 1. The van der Waals surface area contributed by atoms with E-state index < -0.39 is 0 Å². The van der Waals surface area contributed by atoms with Gasteiger partial charge in [0.25, 0.3) is 5.91 Å². The molecular formula is C22H24BrN5O2. The summed E-state index contributed by atoms with van der Waals surface area (Å²) in [6.07, 6.45) is 1.18. The molecular weight excluding hydrogens is 446 g/mol. The highest BCUT2D eigenvalue weighted by Crippen LogP contribution is 2.18. The lowest BCUT2D eigenvalue weighted by atomic mass is 10.2. The maximum Gasteiger partial charge on any atom is 0.251 e. The Morgan fingerprint density at radius 1 is 1.03 bits per heavy atom. The Balaban J connectivity index is 1.27. The van der Waals surface area contributed by atoms with E-state index in [0.717, 1.165) is 47.5 Å². The molecule has 1 aliphatic heterocycles. The van der Waals surface area contributed by atoms with E-state index in [1.807, 2.05) is 41.3 Å². The van der Waals surface area contributed by atoms with Crippen molar-refractivity contribution >= 4 is 44.7 Å². The van der Waals surface area contributed by atoms with Crippen LogP contribution in [0.4, 0.5) is 5.95 Å². The van der Waals surface area contributed by atoms with Crippen molar-refractivity contribution in [3.8, 4) is 0 Å². The number of imidazole rings is 1. The predicted molar refractivity (Wildman–Crippen MR) is 121 cm³/mol. The number of nitrogens with zero attached hydrogens (tertiary/aromatic N) is 3. The summed E-state index contributed by atoms with van der Waals surface area (Å²) >= 11 is 3.35. The van der Waals surface area contributed by atoms with Crippen LogP contribution in [0.5, 0.6) is 0 Å². The zero-order chi connectivity index (χ0) is 20.9. The van der Waals surface area contributed by atoms with E-state index in [2.05, 4.69) is 36.1 Å². The molecule has 0 spiro atoms. The quantitative estimate of drug-likeness (QED) is 0.601. The predicted octanol–water partition coefficient (Wildman–Crippen LogP) is 3.18. The van der Waals surface area contributed by atoms with E-state index >= 15 is 0 Å². The number of benzene rings is 2. The SMILES string of the molecule is O=C(NCCC(=O)N1CCCN(c2nc3ccccc3[nH]2)CC1)c1ccc(Br)cc1. The van der Waals surface area contributed by atoms with Gasteiger partial charge in [-0.15, -0.1) is 0 Å². The number of anilines is 1. The first-order valence-electron chi connectivity index (χ1n) is 10.1. The monoisotopic (exact) mass is 469 g/mol. The van der Waals surface area contributed by atoms with E-state index in [4.69, 9.17) is 0 Å². The number of rotatable bonds is 5. The molecule has 1 aromatic heterocycles. The molecule has 156 valence electrons. The molecule has 30 heavy (non-hydrogen) atoms. The second kappa shape index (κ2) is 9.30. The van der Waals surface area contributed by atoms with Crippen LogP contribution >= 0.6 is 15.9 Å². The minimum Gasteiger partial charge on any atom is -0.352 e. The number of halogens is 1. The van der Waals surface area contributed by atoms with Gasteiger partial charge in [0.1, 0.15) is 0 Å². The molecule has 4 rings (SSSR count). The van der Waals surface area contributed by atoms with Gasteiger partial charge in [-0.2, -0.15) is 0 Å². The molecule has 1 saturated heterocycles. The third kappa shape index (κ3) is 4.81. The van der Waals surface area contributed by atoms with Crippen molar-refractivity contribution in [3.05, 3.63) is 58.6 Å². The van der Waals surface area contributed by atoms with E-state index in [1.54, 1.807) is 12.1 Å². The van der Waals surface area contributed by atoms with E-state index in [0.29, 0.717) is 25.1 Å². The Kier molecular flexibility index (Phi) is 6.32. The summed E-state index contributed by atoms with van der Waals surface area (Å²) in [6, 6.07) is 15.1.